The van der Waals surface area contributed by atoms with Gasteiger partial charge in [0.15, 0.2) is 0 Å². The highest BCUT2D eigenvalue weighted by molar-refractivity contribution is 6.32. The van der Waals surface area contributed by atoms with Crippen molar-refractivity contribution in [2.45, 2.75) is 25.9 Å². The molecule has 0 aliphatic heterocycles. The summed E-state index contributed by atoms with van der Waals surface area (Å²) in [4.78, 5) is 21.1. The van der Waals surface area contributed by atoms with Gasteiger partial charge >= 0.3 is 6.09 Å². The van der Waals surface area contributed by atoms with E-state index in [9.17, 15) is 14.9 Å². The molecule has 2 aromatic rings. The lowest BCUT2D eigenvalue weighted by Crippen LogP contribution is -2.33. The number of nitrogens with zero attached hydrogens (tertiary/aromatic N) is 1. The van der Waals surface area contributed by atoms with E-state index in [0.717, 1.165) is 5.56 Å². The molecule has 0 spiro atoms. The van der Waals surface area contributed by atoms with Crippen LogP contribution in [-0.2, 0) is 11.2 Å². The molecule has 132 valence electrons. The summed E-state index contributed by atoms with van der Waals surface area (Å²) in [5.74, 6) is 0.838. The second kappa shape index (κ2) is 7.40. The maximum absolute atomic E-state index is 10.9. The van der Waals surface area contributed by atoms with E-state index in [-0.39, 0.29) is 5.69 Å². The van der Waals surface area contributed by atoms with Crippen molar-refractivity contribution in [3.05, 3.63) is 63.2 Å². The Balaban J connectivity index is 2.11. The number of primary amides is 1. The number of nitro benzene ring substituents is 1. The largest absolute Gasteiger partial charge is 0.456 e. The molecule has 0 fully saturated rings. The quantitative estimate of drug-likeness (QED) is 0.601. The number of hydrogen-bond acceptors (Lipinski definition) is 5. The van der Waals surface area contributed by atoms with Gasteiger partial charge in [-0.25, -0.2) is 4.79 Å². The SMILES string of the molecule is CC(C)(Cc1ccc(Oc2ccc([N+](=O)[O-])cc2)c(Cl)c1)OC(N)=O. The average Bonchev–Trinajstić information content (AvgIpc) is 2.48. The van der Waals surface area contributed by atoms with E-state index in [4.69, 9.17) is 26.8 Å². The van der Waals surface area contributed by atoms with E-state index in [1.807, 2.05) is 0 Å². The number of hydrogen-bond donors (Lipinski definition) is 1. The van der Waals surface area contributed by atoms with Crippen molar-refractivity contribution < 1.29 is 19.2 Å². The van der Waals surface area contributed by atoms with Crippen molar-refractivity contribution in [1.29, 1.82) is 0 Å². The van der Waals surface area contributed by atoms with Gasteiger partial charge in [0.1, 0.15) is 17.1 Å². The first kappa shape index (κ1) is 18.5. The minimum Gasteiger partial charge on any atom is -0.456 e. The van der Waals surface area contributed by atoms with Gasteiger partial charge < -0.3 is 15.2 Å². The predicted molar refractivity (Wildman–Crippen MR) is 93.1 cm³/mol. The molecule has 0 bridgehead atoms. The molecular formula is C17H17ClN2O5. The monoisotopic (exact) mass is 364 g/mol. The third-order valence-electron chi connectivity index (χ3n) is 3.28. The van der Waals surface area contributed by atoms with Crippen LogP contribution in [0.2, 0.25) is 5.02 Å². The Kier molecular flexibility index (Phi) is 5.48. The molecule has 8 heteroatoms. The molecular weight excluding hydrogens is 348 g/mol. The number of ether oxygens (including phenoxy) is 2. The smallest absolute Gasteiger partial charge is 0.405 e. The minimum atomic E-state index is -0.839. The van der Waals surface area contributed by atoms with Crippen LogP contribution in [0.15, 0.2) is 42.5 Å². The number of amides is 1. The summed E-state index contributed by atoms with van der Waals surface area (Å²) >= 11 is 6.23. The summed E-state index contributed by atoms with van der Waals surface area (Å²) in [6.45, 7) is 3.49. The highest BCUT2D eigenvalue weighted by Crippen LogP contribution is 2.32. The molecule has 0 unspecified atom stereocenters. The zero-order valence-electron chi connectivity index (χ0n) is 13.7. The number of halogens is 1. The van der Waals surface area contributed by atoms with Crippen molar-refractivity contribution in [3.63, 3.8) is 0 Å². The van der Waals surface area contributed by atoms with Crippen molar-refractivity contribution in [1.82, 2.24) is 0 Å². The van der Waals surface area contributed by atoms with Crippen molar-refractivity contribution in [2.24, 2.45) is 5.73 Å². The molecule has 0 saturated heterocycles. The average molecular weight is 365 g/mol. The van der Waals surface area contributed by atoms with Crippen LogP contribution in [0.25, 0.3) is 0 Å². The fourth-order valence-corrected chi connectivity index (χ4v) is 2.54. The summed E-state index contributed by atoms with van der Waals surface area (Å²) in [5.41, 5.74) is 5.10. The molecule has 0 saturated carbocycles. The summed E-state index contributed by atoms with van der Waals surface area (Å²) in [6, 6.07) is 10.9. The van der Waals surface area contributed by atoms with Gasteiger partial charge in [-0.1, -0.05) is 17.7 Å². The van der Waals surface area contributed by atoms with Crippen molar-refractivity contribution in [3.8, 4) is 11.5 Å². The van der Waals surface area contributed by atoms with Crippen LogP contribution in [0.3, 0.4) is 0 Å². The maximum Gasteiger partial charge on any atom is 0.405 e. The molecule has 2 aromatic carbocycles. The highest BCUT2D eigenvalue weighted by Gasteiger charge is 2.22. The predicted octanol–water partition coefficient (Wildman–Crippen LogP) is 4.46. The third kappa shape index (κ3) is 5.36. The van der Waals surface area contributed by atoms with Crippen LogP contribution in [0.1, 0.15) is 19.4 Å². The molecule has 25 heavy (non-hydrogen) atoms. The Morgan fingerprint density at radius 3 is 2.40 bits per heavy atom. The number of carbonyl (C=O) groups excluding carboxylic acids is 1. The summed E-state index contributed by atoms with van der Waals surface area (Å²) in [7, 11) is 0. The zero-order valence-corrected chi connectivity index (χ0v) is 14.4. The van der Waals surface area contributed by atoms with Gasteiger partial charge in [-0.2, -0.15) is 0 Å². The van der Waals surface area contributed by atoms with Gasteiger partial charge in [0.05, 0.1) is 9.95 Å². The fraction of sp³-hybridized carbons (Fsp3) is 0.235. The first-order valence-corrected chi connectivity index (χ1v) is 7.73. The van der Waals surface area contributed by atoms with Crippen LogP contribution in [0.5, 0.6) is 11.5 Å². The van der Waals surface area contributed by atoms with Gasteiger partial charge in [-0.3, -0.25) is 10.1 Å². The normalized spacial score (nSPS) is 11.0. The van der Waals surface area contributed by atoms with E-state index in [2.05, 4.69) is 0 Å². The second-order valence-electron chi connectivity index (χ2n) is 5.98. The molecule has 0 aliphatic rings. The van der Waals surface area contributed by atoms with Gasteiger partial charge in [-0.05, 0) is 43.7 Å². The number of carbonyl (C=O) groups is 1. The third-order valence-corrected chi connectivity index (χ3v) is 3.57. The van der Waals surface area contributed by atoms with E-state index < -0.39 is 16.6 Å². The van der Waals surface area contributed by atoms with E-state index >= 15 is 0 Å². The Morgan fingerprint density at radius 2 is 1.88 bits per heavy atom. The molecule has 0 atom stereocenters. The van der Waals surface area contributed by atoms with Crippen molar-refractivity contribution >= 4 is 23.4 Å². The van der Waals surface area contributed by atoms with Gasteiger partial charge in [0.2, 0.25) is 0 Å². The Morgan fingerprint density at radius 1 is 1.24 bits per heavy atom. The number of nitrogens with two attached hydrogens (primary N) is 1. The molecule has 0 radical (unpaired) electrons. The van der Waals surface area contributed by atoms with E-state index in [1.165, 1.54) is 24.3 Å². The number of rotatable bonds is 6. The lowest BCUT2D eigenvalue weighted by molar-refractivity contribution is -0.384. The highest BCUT2D eigenvalue weighted by atomic mass is 35.5. The number of non-ortho nitro benzene ring substituents is 1. The maximum atomic E-state index is 10.9. The number of nitro groups is 1. The van der Waals surface area contributed by atoms with Crippen LogP contribution < -0.4 is 10.5 Å². The standard InChI is InChI=1S/C17H17ClN2O5/c1-17(2,25-16(19)21)10-11-3-8-15(14(18)9-11)24-13-6-4-12(5-7-13)20(22)23/h3-9H,10H2,1-2H3,(H2,19,21). The topological polar surface area (TPSA) is 105 Å². The zero-order chi connectivity index (χ0) is 18.6. The van der Waals surface area contributed by atoms with E-state index in [1.54, 1.807) is 32.0 Å². The molecule has 0 aliphatic carbocycles. The molecule has 2 N–H and O–H groups in total. The molecule has 0 heterocycles. The summed E-state index contributed by atoms with van der Waals surface area (Å²) < 4.78 is 10.7. The Labute approximate surface area is 149 Å². The first-order valence-electron chi connectivity index (χ1n) is 7.35. The van der Waals surface area contributed by atoms with Gasteiger partial charge in [0.25, 0.3) is 5.69 Å². The van der Waals surface area contributed by atoms with E-state index in [0.29, 0.717) is 22.9 Å². The van der Waals surface area contributed by atoms with Crippen LogP contribution in [-0.4, -0.2) is 16.6 Å². The molecule has 2 rings (SSSR count). The fourth-order valence-electron chi connectivity index (χ4n) is 2.30. The molecule has 7 nitrogen and oxygen atoms in total. The van der Waals surface area contributed by atoms with Crippen LogP contribution >= 0.6 is 11.6 Å². The Bertz CT molecular complexity index is 790. The van der Waals surface area contributed by atoms with Crippen molar-refractivity contribution in [2.75, 3.05) is 0 Å². The minimum absolute atomic E-state index is 0.0227. The molecule has 1 amide bonds. The van der Waals surface area contributed by atoms with Gasteiger partial charge in [-0.15, -0.1) is 0 Å². The first-order chi connectivity index (χ1) is 11.7. The van der Waals surface area contributed by atoms with Gasteiger partial charge in [0, 0.05) is 18.6 Å². The van der Waals surface area contributed by atoms with Crippen LogP contribution in [0, 0.1) is 10.1 Å². The summed E-state index contributed by atoms with van der Waals surface area (Å²) in [6.07, 6.45) is -0.415. The Hall–Kier alpha value is -2.80. The second-order valence-corrected chi connectivity index (χ2v) is 6.38. The lowest BCUT2D eigenvalue weighted by Gasteiger charge is -2.24. The van der Waals surface area contributed by atoms with Crippen LogP contribution in [0.4, 0.5) is 10.5 Å². The molecule has 0 aromatic heterocycles. The lowest BCUT2D eigenvalue weighted by atomic mass is 9.98. The summed E-state index contributed by atoms with van der Waals surface area (Å²) in [5, 5.41) is 11.0. The number of benzene rings is 2.